The van der Waals surface area contributed by atoms with Crippen molar-refractivity contribution >= 4 is 0 Å². The van der Waals surface area contributed by atoms with Crippen LogP contribution in [0.15, 0.2) is 70.5 Å². The first-order valence-corrected chi connectivity index (χ1v) is 7.38. The van der Waals surface area contributed by atoms with Crippen LogP contribution in [0.1, 0.15) is 11.6 Å². The van der Waals surface area contributed by atoms with Crippen molar-refractivity contribution in [3.63, 3.8) is 0 Å². The van der Waals surface area contributed by atoms with E-state index in [0.717, 1.165) is 17.0 Å². The maximum absolute atomic E-state index is 5.60. The number of aromatic nitrogens is 4. The Labute approximate surface area is 137 Å². The molecule has 4 aromatic rings. The molecule has 120 valence electrons. The second-order valence-electron chi connectivity index (χ2n) is 5.12. The summed E-state index contributed by atoms with van der Waals surface area (Å²) in [6.45, 7) is 0.918. The summed E-state index contributed by atoms with van der Waals surface area (Å²) in [5.74, 6) is 1.84. The highest BCUT2D eigenvalue weighted by atomic mass is 16.5. The normalized spacial score (nSPS) is 10.8. The molecule has 0 spiro atoms. The first-order valence-electron chi connectivity index (χ1n) is 7.38. The van der Waals surface area contributed by atoms with Gasteiger partial charge in [-0.25, -0.2) is 15.0 Å². The van der Waals surface area contributed by atoms with Crippen molar-refractivity contribution in [2.75, 3.05) is 0 Å². The molecule has 3 aromatic heterocycles. The van der Waals surface area contributed by atoms with Gasteiger partial charge in [-0.05, 0) is 24.3 Å². The molecule has 0 N–H and O–H groups in total. The number of rotatable bonds is 6. The van der Waals surface area contributed by atoms with Crippen molar-refractivity contribution in [3.8, 4) is 17.2 Å². The van der Waals surface area contributed by atoms with Gasteiger partial charge in [-0.3, -0.25) is 0 Å². The number of oxazole rings is 2. The number of hydrogen-bond acceptors (Lipinski definition) is 6. The highest BCUT2D eigenvalue weighted by molar-refractivity contribution is 5.54. The molecule has 24 heavy (non-hydrogen) atoms. The van der Waals surface area contributed by atoms with Gasteiger partial charge >= 0.3 is 0 Å². The van der Waals surface area contributed by atoms with E-state index in [9.17, 15) is 0 Å². The quantitative estimate of drug-likeness (QED) is 0.542. The van der Waals surface area contributed by atoms with Crippen molar-refractivity contribution in [1.82, 2.24) is 19.5 Å². The van der Waals surface area contributed by atoms with Crippen LogP contribution in [0.2, 0.25) is 0 Å². The van der Waals surface area contributed by atoms with E-state index in [1.807, 2.05) is 35.0 Å². The van der Waals surface area contributed by atoms with Gasteiger partial charge < -0.3 is 18.1 Å². The van der Waals surface area contributed by atoms with Crippen molar-refractivity contribution in [2.24, 2.45) is 0 Å². The first kappa shape index (κ1) is 14.3. The second kappa shape index (κ2) is 6.41. The number of nitrogens with zero attached hydrogens (tertiary/aromatic N) is 4. The summed E-state index contributed by atoms with van der Waals surface area (Å²) in [6.07, 6.45) is 10.1. The molecule has 0 unspecified atom stereocenters. The van der Waals surface area contributed by atoms with Crippen molar-refractivity contribution in [2.45, 2.75) is 13.2 Å². The van der Waals surface area contributed by atoms with E-state index in [4.69, 9.17) is 13.6 Å². The molecule has 0 aliphatic rings. The average molecular weight is 322 g/mol. The summed E-state index contributed by atoms with van der Waals surface area (Å²) in [7, 11) is 0. The number of imidazole rings is 1. The first-order chi connectivity index (χ1) is 11.9. The Bertz CT molecular complexity index is 880. The molecule has 0 bridgehead atoms. The molecule has 4 rings (SSSR count). The molecule has 0 saturated heterocycles. The van der Waals surface area contributed by atoms with Crippen LogP contribution in [0.5, 0.6) is 5.75 Å². The van der Waals surface area contributed by atoms with Gasteiger partial charge in [0.15, 0.2) is 6.61 Å². The summed E-state index contributed by atoms with van der Waals surface area (Å²) >= 11 is 0. The fraction of sp³-hybridized carbons (Fsp3) is 0.118. The lowest BCUT2D eigenvalue weighted by atomic mass is 10.2. The second-order valence-corrected chi connectivity index (χ2v) is 5.12. The summed E-state index contributed by atoms with van der Waals surface area (Å²) in [6, 6.07) is 7.52. The van der Waals surface area contributed by atoms with Crippen LogP contribution < -0.4 is 4.74 Å². The largest absolute Gasteiger partial charge is 0.484 e. The van der Waals surface area contributed by atoms with Gasteiger partial charge in [0.25, 0.3) is 0 Å². The fourth-order valence-electron chi connectivity index (χ4n) is 2.24. The molecule has 0 aliphatic heterocycles. The van der Waals surface area contributed by atoms with Crippen molar-refractivity contribution in [1.29, 1.82) is 0 Å². The minimum atomic E-state index is 0.292. The Hall–Kier alpha value is -3.35. The van der Waals surface area contributed by atoms with Crippen LogP contribution in [0.4, 0.5) is 0 Å². The third-order valence-electron chi connectivity index (χ3n) is 3.40. The molecule has 7 heteroatoms. The number of benzene rings is 1. The predicted octanol–water partition coefficient (Wildman–Crippen LogP) is 3.15. The lowest BCUT2D eigenvalue weighted by Crippen LogP contribution is -1.96. The molecule has 0 amide bonds. The maximum atomic E-state index is 5.60. The molecule has 0 saturated carbocycles. The molecule has 0 radical (unpaired) electrons. The van der Waals surface area contributed by atoms with Crippen LogP contribution in [-0.2, 0) is 13.2 Å². The topological polar surface area (TPSA) is 79.1 Å². The van der Waals surface area contributed by atoms with Crippen LogP contribution in [0.3, 0.4) is 0 Å². The minimum Gasteiger partial charge on any atom is -0.484 e. The minimum absolute atomic E-state index is 0.292. The van der Waals surface area contributed by atoms with Gasteiger partial charge in [-0.15, -0.1) is 0 Å². The molecular weight excluding hydrogens is 308 g/mol. The molecule has 0 fully saturated rings. The van der Waals surface area contributed by atoms with E-state index >= 15 is 0 Å². The summed E-state index contributed by atoms with van der Waals surface area (Å²) in [5.41, 5.74) is 1.72. The molecule has 0 aliphatic carbocycles. The van der Waals surface area contributed by atoms with Gasteiger partial charge in [-0.1, -0.05) is 0 Å². The average Bonchev–Trinajstić information content (AvgIpc) is 3.37. The summed E-state index contributed by atoms with van der Waals surface area (Å²) in [5, 5.41) is 0. The third kappa shape index (κ3) is 3.19. The SMILES string of the molecule is c1cn(Cc2coc(-c3ccc(OCc4ncco4)cc3)n2)cn1. The Morgan fingerprint density at radius 3 is 2.75 bits per heavy atom. The zero-order chi connectivity index (χ0) is 16.2. The van der Waals surface area contributed by atoms with E-state index in [-0.39, 0.29) is 0 Å². The van der Waals surface area contributed by atoms with E-state index in [1.165, 1.54) is 6.26 Å². The standard InChI is InChI=1S/C17H14N4O3/c1-3-15(23-11-16-19-6-8-22-16)4-2-13(1)17-20-14(10-24-17)9-21-7-5-18-12-21/h1-8,10,12H,9,11H2. The van der Waals surface area contributed by atoms with E-state index in [1.54, 1.807) is 25.0 Å². The van der Waals surface area contributed by atoms with Crippen molar-refractivity contribution in [3.05, 3.63) is 73.3 Å². The zero-order valence-corrected chi connectivity index (χ0v) is 12.7. The van der Waals surface area contributed by atoms with E-state index < -0.39 is 0 Å². The van der Waals surface area contributed by atoms with Gasteiger partial charge in [-0.2, -0.15) is 0 Å². The molecule has 7 nitrogen and oxygen atoms in total. The smallest absolute Gasteiger partial charge is 0.232 e. The molecule has 0 atom stereocenters. The molecule has 3 heterocycles. The fourth-order valence-corrected chi connectivity index (χ4v) is 2.24. The Morgan fingerprint density at radius 2 is 2.00 bits per heavy atom. The van der Waals surface area contributed by atoms with Crippen LogP contribution >= 0.6 is 0 Å². The Morgan fingerprint density at radius 1 is 1.08 bits per heavy atom. The lowest BCUT2D eigenvalue weighted by Gasteiger charge is -2.03. The van der Waals surface area contributed by atoms with Gasteiger partial charge in [0, 0.05) is 18.0 Å². The zero-order valence-electron chi connectivity index (χ0n) is 12.7. The number of ether oxygens (including phenoxy) is 1. The third-order valence-corrected chi connectivity index (χ3v) is 3.40. The van der Waals surface area contributed by atoms with E-state index in [0.29, 0.717) is 24.9 Å². The van der Waals surface area contributed by atoms with Gasteiger partial charge in [0.1, 0.15) is 18.3 Å². The lowest BCUT2D eigenvalue weighted by molar-refractivity contribution is 0.263. The Kier molecular flexibility index (Phi) is 3.81. The van der Waals surface area contributed by atoms with Crippen LogP contribution in [-0.4, -0.2) is 19.5 Å². The number of hydrogen-bond donors (Lipinski definition) is 0. The van der Waals surface area contributed by atoms with Crippen LogP contribution in [0.25, 0.3) is 11.5 Å². The van der Waals surface area contributed by atoms with Crippen LogP contribution in [0, 0.1) is 0 Å². The predicted molar refractivity (Wildman–Crippen MR) is 84.1 cm³/mol. The molecule has 1 aromatic carbocycles. The van der Waals surface area contributed by atoms with Crippen molar-refractivity contribution < 1.29 is 13.6 Å². The van der Waals surface area contributed by atoms with Gasteiger partial charge in [0.2, 0.25) is 11.8 Å². The summed E-state index contributed by atoms with van der Waals surface area (Å²) in [4.78, 5) is 12.5. The molecular formula is C17H14N4O3. The maximum Gasteiger partial charge on any atom is 0.232 e. The van der Waals surface area contributed by atoms with E-state index in [2.05, 4.69) is 15.0 Å². The summed E-state index contributed by atoms with van der Waals surface area (Å²) < 4.78 is 18.2. The highest BCUT2D eigenvalue weighted by Gasteiger charge is 2.08. The Balaban J connectivity index is 1.42. The van der Waals surface area contributed by atoms with Gasteiger partial charge in [0.05, 0.1) is 24.8 Å². The highest BCUT2D eigenvalue weighted by Crippen LogP contribution is 2.22. The monoisotopic (exact) mass is 322 g/mol.